The largest absolute Gasteiger partial charge is 0.480 e. The first-order valence-corrected chi connectivity index (χ1v) is 5.08. The third-order valence-corrected chi connectivity index (χ3v) is 3.72. The Hall–Kier alpha value is -0.750. The van der Waals surface area contributed by atoms with Gasteiger partial charge in [-0.1, -0.05) is 0 Å². The summed E-state index contributed by atoms with van der Waals surface area (Å²) in [6, 6.07) is -1.17. The van der Waals surface area contributed by atoms with E-state index in [1.54, 1.807) is 0 Å². The number of rotatable bonds is 1. The van der Waals surface area contributed by atoms with Gasteiger partial charge in [-0.15, -0.1) is 11.8 Å². The monoisotopic (exact) mass is 202 g/mol. The zero-order valence-electron chi connectivity index (χ0n) is 6.84. The fraction of sp³-hybridized carbons (Fsp3) is 0.714. The van der Waals surface area contributed by atoms with Crippen LogP contribution in [0.1, 0.15) is 6.42 Å². The van der Waals surface area contributed by atoms with Crippen LogP contribution in [0.15, 0.2) is 0 Å². The summed E-state index contributed by atoms with van der Waals surface area (Å²) in [6.07, 6.45) is 0.577. The third kappa shape index (κ3) is 1.21. The fourth-order valence-corrected chi connectivity index (χ4v) is 3.20. The molecule has 5 nitrogen and oxygen atoms in total. The molecule has 0 aromatic carbocycles. The van der Waals surface area contributed by atoms with Crippen molar-refractivity contribution >= 4 is 23.6 Å². The topological polar surface area (TPSA) is 83.6 Å². The number of carbonyl (C=O) groups excluding carboxylic acids is 1. The summed E-state index contributed by atoms with van der Waals surface area (Å²) >= 11 is 1.50. The molecule has 0 spiro atoms. The Balaban J connectivity index is 2.21. The van der Waals surface area contributed by atoms with Crippen LogP contribution in [0.5, 0.6) is 0 Å². The van der Waals surface area contributed by atoms with Crippen molar-refractivity contribution in [2.45, 2.75) is 23.9 Å². The van der Waals surface area contributed by atoms with Crippen LogP contribution in [0, 0.1) is 0 Å². The highest BCUT2D eigenvalue weighted by Gasteiger charge is 2.48. The normalized spacial score (nSPS) is 38.1. The van der Waals surface area contributed by atoms with Crippen LogP contribution in [-0.4, -0.2) is 45.1 Å². The van der Waals surface area contributed by atoms with Gasteiger partial charge in [0, 0.05) is 12.2 Å². The molecule has 2 saturated heterocycles. The van der Waals surface area contributed by atoms with Crippen LogP contribution >= 0.6 is 11.8 Å². The molecule has 0 unspecified atom stereocenters. The Bertz CT molecular complexity index is 270. The van der Waals surface area contributed by atoms with Crippen molar-refractivity contribution in [2.75, 3.05) is 5.75 Å². The number of nitrogens with two attached hydrogens (primary N) is 1. The molecule has 0 aromatic heterocycles. The van der Waals surface area contributed by atoms with Crippen LogP contribution in [0.3, 0.4) is 0 Å². The smallest absolute Gasteiger partial charge is 0.327 e. The molecule has 72 valence electrons. The molecule has 3 atom stereocenters. The lowest BCUT2D eigenvalue weighted by atomic mass is 10.3. The summed E-state index contributed by atoms with van der Waals surface area (Å²) in [4.78, 5) is 23.6. The van der Waals surface area contributed by atoms with Crippen LogP contribution in [0.4, 0.5) is 0 Å². The first-order valence-electron chi connectivity index (χ1n) is 4.03. The maximum atomic E-state index is 11.4. The molecule has 0 saturated carbocycles. The minimum Gasteiger partial charge on any atom is -0.480 e. The summed E-state index contributed by atoms with van der Waals surface area (Å²) in [5.41, 5.74) is 5.53. The van der Waals surface area contributed by atoms with Gasteiger partial charge in [0.05, 0.1) is 11.4 Å². The number of hydrogen-bond donors (Lipinski definition) is 2. The van der Waals surface area contributed by atoms with E-state index in [0.717, 1.165) is 0 Å². The van der Waals surface area contributed by atoms with Crippen LogP contribution in [0.25, 0.3) is 0 Å². The molecule has 0 aliphatic carbocycles. The van der Waals surface area contributed by atoms with Gasteiger partial charge in [0.25, 0.3) is 0 Å². The molecular formula is C7H10N2O3S. The van der Waals surface area contributed by atoms with E-state index in [1.807, 2.05) is 0 Å². The Morgan fingerprint density at radius 2 is 2.38 bits per heavy atom. The predicted octanol–water partition coefficient (Wildman–Crippen LogP) is -0.928. The molecule has 6 heteroatoms. The maximum Gasteiger partial charge on any atom is 0.327 e. The number of thioether (sulfide) groups is 1. The lowest BCUT2D eigenvalue weighted by Crippen LogP contribution is -2.44. The number of carboxylic acid groups (broad SMARTS) is 1. The molecule has 2 aliphatic heterocycles. The van der Waals surface area contributed by atoms with Crippen LogP contribution < -0.4 is 5.73 Å². The van der Waals surface area contributed by atoms with Gasteiger partial charge in [-0.2, -0.15) is 0 Å². The summed E-state index contributed by atoms with van der Waals surface area (Å²) in [7, 11) is 0. The first kappa shape index (κ1) is 8.83. The molecule has 13 heavy (non-hydrogen) atoms. The van der Waals surface area contributed by atoms with E-state index in [-0.39, 0.29) is 11.3 Å². The molecule has 0 aromatic rings. The first-order chi connectivity index (χ1) is 6.11. The average Bonchev–Trinajstić information content (AvgIpc) is 2.55. The summed E-state index contributed by atoms with van der Waals surface area (Å²) < 4.78 is 0. The zero-order valence-corrected chi connectivity index (χ0v) is 7.66. The van der Waals surface area contributed by atoms with E-state index < -0.39 is 18.1 Å². The van der Waals surface area contributed by atoms with Crippen LogP contribution in [-0.2, 0) is 9.59 Å². The van der Waals surface area contributed by atoms with E-state index in [4.69, 9.17) is 10.8 Å². The van der Waals surface area contributed by atoms with Gasteiger partial charge < -0.3 is 15.7 Å². The molecule has 2 aliphatic rings. The molecule has 1 amide bonds. The Morgan fingerprint density at radius 3 is 3.00 bits per heavy atom. The quantitative estimate of drug-likeness (QED) is 0.574. The van der Waals surface area contributed by atoms with E-state index in [1.165, 1.54) is 16.7 Å². The van der Waals surface area contributed by atoms with Crippen molar-refractivity contribution < 1.29 is 14.7 Å². The van der Waals surface area contributed by atoms with E-state index in [9.17, 15) is 9.59 Å². The zero-order chi connectivity index (χ0) is 9.59. The highest BCUT2D eigenvalue weighted by atomic mass is 32.2. The Labute approximate surface area is 79.3 Å². The number of amides is 1. The van der Waals surface area contributed by atoms with Gasteiger partial charge in [-0.25, -0.2) is 4.79 Å². The van der Waals surface area contributed by atoms with Crippen molar-refractivity contribution in [2.24, 2.45) is 5.73 Å². The second-order valence-corrected chi connectivity index (χ2v) is 4.44. The Morgan fingerprint density at radius 1 is 1.69 bits per heavy atom. The second-order valence-electron chi connectivity index (χ2n) is 3.23. The molecule has 0 radical (unpaired) electrons. The number of carboxylic acids is 1. The van der Waals surface area contributed by atoms with Gasteiger partial charge in [0.2, 0.25) is 5.91 Å². The minimum absolute atomic E-state index is 0.0106. The number of fused-ring (bicyclic) bond motifs is 1. The third-order valence-electron chi connectivity index (χ3n) is 2.40. The molecule has 2 fully saturated rings. The summed E-state index contributed by atoms with van der Waals surface area (Å²) in [5.74, 6) is -0.668. The lowest BCUT2D eigenvalue weighted by molar-refractivity contribution is -0.147. The molecule has 2 rings (SSSR count). The van der Waals surface area contributed by atoms with Gasteiger partial charge >= 0.3 is 5.97 Å². The molecular weight excluding hydrogens is 192 g/mol. The van der Waals surface area contributed by atoms with Crippen molar-refractivity contribution in [1.29, 1.82) is 0 Å². The standard InChI is InChI=1S/C7H10N2O3S/c8-3-1-5-9(6(3)10)4(2-13-5)7(11)12/h3-5H,1-2,8H2,(H,11,12)/t3-,4-,5-/m0/s1. The molecule has 0 bridgehead atoms. The van der Waals surface area contributed by atoms with Crippen molar-refractivity contribution in [3.05, 3.63) is 0 Å². The summed E-state index contributed by atoms with van der Waals surface area (Å²) in [5, 5.41) is 8.81. The van der Waals surface area contributed by atoms with Gasteiger partial charge in [0.15, 0.2) is 0 Å². The average molecular weight is 202 g/mol. The molecule has 2 heterocycles. The number of carbonyl (C=O) groups is 2. The molecule has 3 N–H and O–H groups in total. The van der Waals surface area contributed by atoms with E-state index in [0.29, 0.717) is 12.2 Å². The van der Waals surface area contributed by atoms with Crippen molar-refractivity contribution in [3.8, 4) is 0 Å². The minimum atomic E-state index is -0.933. The predicted molar refractivity (Wildman–Crippen MR) is 47.1 cm³/mol. The van der Waals surface area contributed by atoms with Gasteiger partial charge in [0.1, 0.15) is 6.04 Å². The van der Waals surface area contributed by atoms with Crippen LogP contribution in [0.2, 0.25) is 0 Å². The fourth-order valence-electron chi connectivity index (χ4n) is 1.74. The SMILES string of the molecule is N[C@H]1C[C@@H]2SC[C@@H](C(=O)O)N2C1=O. The highest BCUT2D eigenvalue weighted by molar-refractivity contribution is 8.00. The summed E-state index contributed by atoms with van der Waals surface area (Å²) in [6.45, 7) is 0. The van der Waals surface area contributed by atoms with E-state index in [2.05, 4.69) is 0 Å². The number of nitrogens with zero attached hydrogens (tertiary/aromatic N) is 1. The number of hydrogen-bond acceptors (Lipinski definition) is 4. The second kappa shape index (κ2) is 2.88. The maximum absolute atomic E-state index is 11.4. The van der Waals surface area contributed by atoms with E-state index >= 15 is 0 Å². The number of aliphatic carboxylic acids is 1. The van der Waals surface area contributed by atoms with Crippen molar-refractivity contribution in [3.63, 3.8) is 0 Å². The van der Waals surface area contributed by atoms with Gasteiger partial charge in [-0.05, 0) is 0 Å². The lowest BCUT2D eigenvalue weighted by Gasteiger charge is -2.19. The van der Waals surface area contributed by atoms with Gasteiger partial charge in [-0.3, -0.25) is 4.79 Å². The highest BCUT2D eigenvalue weighted by Crippen LogP contribution is 2.36. The Kier molecular flexibility index (Phi) is 1.96. The van der Waals surface area contributed by atoms with Crippen molar-refractivity contribution in [1.82, 2.24) is 4.90 Å².